The molecular formula is C28H33FN6O3S. The van der Waals surface area contributed by atoms with E-state index < -0.39 is 23.7 Å². The number of primary amides is 1. The van der Waals surface area contributed by atoms with Gasteiger partial charge >= 0.3 is 0 Å². The van der Waals surface area contributed by atoms with Gasteiger partial charge in [-0.2, -0.15) is 4.37 Å². The molecule has 3 amide bonds. The monoisotopic (exact) mass is 552 g/mol. The SMILES string of the molecule is CN(C)c1ccc(C(C(=O)NC2CCCCC2)N(Cc2ccc(F)cc2)C(=O)c2snc(C(N)=O)c2N)cc1. The first-order valence-electron chi connectivity index (χ1n) is 12.8. The number of amides is 3. The van der Waals surface area contributed by atoms with Crippen LogP contribution in [-0.4, -0.2) is 47.1 Å². The van der Waals surface area contributed by atoms with Gasteiger partial charge in [0.25, 0.3) is 11.8 Å². The molecule has 9 nitrogen and oxygen atoms in total. The van der Waals surface area contributed by atoms with Crippen LogP contribution in [-0.2, 0) is 11.3 Å². The summed E-state index contributed by atoms with van der Waals surface area (Å²) >= 11 is 0.755. The Bertz CT molecular complexity index is 1320. The van der Waals surface area contributed by atoms with Crippen molar-refractivity contribution in [1.82, 2.24) is 14.6 Å². The quantitative estimate of drug-likeness (QED) is 0.369. The zero-order valence-electron chi connectivity index (χ0n) is 22.0. The molecule has 1 heterocycles. The first-order chi connectivity index (χ1) is 18.7. The van der Waals surface area contributed by atoms with E-state index in [4.69, 9.17) is 11.5 Å². The highest BCUT2D eigenvalue weighted by atomic mass is 32.1. The van der Waals surface area contributed by atoms with Crippen molar-refractivity contribution >= 4 is 40.6 Å². The van der Waals surface area contributed by atoms with Gasteiger partial charge in [0.2, 0.25) is 5.91 Å². The van der Waals surface area contributed by atoms with Gasteiger partial charge in [-0.05, 0) is 59.8 Å². The number of carbonyl (C=O) groups is 3. The lowest BCUT2D eigenvalue weighted by molar-refractivity contribution is -0.127. The number of halogens is 1. The van der Waals surface area contributed by atoms with E-state index in [1.54, 1.807) is 12.1 Å². The van der Waals surface area contributed by atoms with E-state index in [0.717, 1.165) is 49.3 Å². The third kappa shape index (κ3) is 6.54. The number of nitrogens with one attached hydrogen (secondary N) is 1. The number of benzene rings is 2. The minimum atomic E-state index is -1.03. The predicted octanol–water partition coefficient (Wildman–Crippen LogP) is 3.86. The Balaban J connectivity index is 1.79. The van der Waals surface area contributed by atoms with Gasteiger partial charge in [0.15, 0.2) is 5.69 Å². The molecule has 1 saturated carbocycles. The molecule has 1 aliphatic rings. The summed E-state index contributed by atoms with van der Waals surface area (Å²) in [4.78, 5) is 43.1. The molecule has 1 atom stereocenters. The summed E-state index contributed by atoms with van der Waals surface area (Å²) in [5.41, 5.74) is 13.3. The topological polar surface area (TPSA) is 135 Å². The van der Waals surface area contributed by atoms with Crippen molar-refractivity contribution in [2.45, 2.75) is 50.7 Å². The van der Waals surface area contributed by atoms with Gasteiger partial charge < -0.3 is 26.6 Å². The molecule has 39 heavy (non-hydrogen) atoms. The number of rotatable bonds is 9. The molecule has 0 radical (unpaired) electrons. The summed E-state index contributed by atoms with van der Waals surface area (Å²) in [5.74, 6) is -2.17. The number of nitrogens with two attached hydrogens (primary N) is 2. The van der Waals surface area contributed by atoms with E-state index in [0.29, 0.717) is 11.1 Å². The van der Waals surface area contributed by atoms with E-state index in [1.807, 2.05) is 43.3 Å². The number of hydrogen-bond donors (Lipinski definition) is 3. The van der Waals surface area contributed by atoms with Gasteiger partial charge in [0.05, 0.1) is 5.69 Å². The van der Waals surface area contributed by atoms with Crippen LogP contribution < -0.4 is 21.7 Å². The molecule has 5 N–H and O–H groups in total. The molecular weight excluding hydrogens is 519 g/mol. The van der Waals surface area contributed by atoms with Gasteiger partial charge in [0, 0.05) is 32.4 Å². The summed E-state index contributed by atoms with van der Waals surface area (Å²) in [7, 11) is 3.82. The molecule has 0 aliphatic heterocycles. The first kappa shape index (κ1) is 28.0. The van der Waals surface area contributed by atoms with Crippen LogP contribution >= 0.6 is 11.5 Å². The molecule has 1 aliphatic carbocycles. The van der Waals surface area contributed by atoms with Gasteiger partial charge in [-0.3, -0.25) is 14.4 Å². The minimum absolute atomic E-state index is 0.00582. The van der Waals surface area contributed by atoms with Crippen molar-refractivity contribution in [3.8, 4) is 0 Å². The summed E-state index contributed by atoms with van der Waals surface area (Å²) in [6.45, 7) is -0.0133. The van der Waals surface area contributed by atoms with Gasteiger partial charge in [0.1, 0.15) is 16.7 Å². The van der Waals surface area contributed by atoms with Gasteiger partial charge in [-0.15, -0.1) is 0 Å². The summed E-state index contributed by atoms with van der Waals surface area (Å²) < 4.78 is 17.7. The van der Waals surface area contributed by atoms with Crippen LogP contribution in [0.25, 0.3) is 0 Å². The highest BCUT2D eigenvalue weighted by molar-refractivity contribution is 7.09. The largest absolute Gasteiger partial charge is 0.395 e. The zero-order valence-corrected chi connectivity index (χ0v) is 22.8. The smallest absolute Gasteiger partial charge is 0.270 e. The molecule has 1 aromatic heterocycles. The van der Waals surface area contributed by atoms with E-state index in [-0.39, 0.29) is 34.8 Å². The fraction of sp³-hybridized carbons (Fsp3) is 0.357. The number of nitrogens with zero attached hydrogens (tertiary/aromatic N) is 3. The zero-order chi connectivity index (χ0) is 28.1. The Labute approximate surface area is 231 Å². The highest BCUT2D eigenvalue weighted by Crippen LogP contribution is 2.32. The van der Waals surface area contributed by atoms with Crippen LogP contribution in [0.15, 0.2) is 48.5 Å². The van der Waals surface area contributed by atoms with Gasteiger partial charge in [-0.1, -0.05) is 43.5 Å². The maximum atomic E-state index is 14.1. The van der Waals surface area contributed by atoms with Crippen molar-refractivity contribution in [3.63, 3.8) is 0 Å². The first-order valence-corrected chi connectivity index (χ1v) is 13.6. The average molecular weight is 553 g/mol. The Morgan fingerprint density at radius 2 is 1.69 bits per heavy atom. The number of aromatic nitrogens is 1. The van der Waals surface area contributed by atoms with Crippen LogP contribution in [0.4, 0.5) is 15.8 Å². The second kappa shape index (κ2) is 12.2. The van der Waals surface area contributed by atoms with Crippen LogP contribution in [0.1, 0.15) is 69.4 Å². The minimum Gasteiger partial charge on any atom is -0.395 e. The molecule has 0 spiro atoms. The van der Waals surface area contributed by atoms with Crippen LogP contribution in [0, 0.1) is 5.82 Å². The molecule has 206 valence electrons. The van der Waals surface area contributed by atoms with E-state index in [9.17, 15) is 18.8 Å². The lowest BCUT2D eigenvalue weighted by Crippen LogP contribution is -2.46. The second-order valence-electron chi connectivity index (χ2n) is 9.93. The molecule has 3 aromatic rings. The Kier molecular flexibility index (Phi) is 8.80. The van der Waals surface area contributed by atoms with E-state index >= 15 is 0 Å². The van der Waals surface area contributed by atoms with Crippen LogP contribution in [0.3, 0.4) is 0 Å². The maximum absolute atomic E-state index is 14.1. The third-order valence-corrected chi connectivity index (χ3v) is 7.77. The molecule has 0 bridgehead atoms. The van der Waals surface area contributed by atoms with Crippen molar-refractivity contribution in [1.29, 1.82) is 0 Å². The Morgan fingerprint density at radius 1 is 1.05 bits per heavy atom. The second-order valence-corrected chi connectivity index (χ2v) is 10.7. The molecule has 1 unspecified atom stereocenters. The molecule has 1 fully saturated rings. The predicted molar refractivity (Wildman–Crippen MR) is 150 cm³/mol. The lowest BCUT2D eigenvalue weighted by Gasteiger charge is -2.33. The summed E-state index contributed by atoms with van der Waals surface area (Å²) in [6, 6.07) is 12.1. The maximum Gasteiger partial charge on any atom is 0.270 e. The lowest BCUT2D eigenvalue weighted by atomic mass is 9.94. The van der Waals surface area contributed by atoms with Crippen molar-refractivity contribution in [3.05, 3.63) is 76.0 Å². The molecule has 4 rings (SSSR count). The van der Waals surface area contributed by atoms with Crippen LogP contribution in [0.5, 0.6) is 0 Å². The molecule has 11 heteroatoms. The standard InChI is InChI=1S/C28H33FN6O3S/c1-34(2)21-14-10-18(11-15-21)24(27(37)32-20-6-4-3-5-7-20)35(16-17-8-12-19(29)13-9-17)28(38)25-22(30)23(26(31)36)33-39-25/h8-15,20,24H,3-7,16,30H2,1-2H3,(H2,31,36)(H,32,37). The van der Waals surface area contributed by atoms with Crippen molar-refractivity contribution in [2.75, 3.05) is 24.7 Å². The highest BCUT2D eigenvalue weighted by Gasteiger charge is 2.36. The van der Waals surface area contributed by atoms with Crippen molar-refractivity contribution in [2.24, 2.45) is 5.73 Å². The Hall–Kier alpha value is -3.99. The molecule has 2 aromatic carbocycles. The summed E-state index contributed by atoms with van der Waals surface area (Å²) in [6.07, 6.45) is 4.92. The molecule has 0 saturated heterocycles. The fourth-order valence-electron chi connectivity index (χ4n) is 4.78. The van der Waals surface area contributed by atoms with E-state index in [1.165, 1.54) is 17.0 Å². The summed E-state index contributed by atoms with van der Waals surface area (Å²) in [5, 5.41) is 3.15. The van der Waals surface area contributed by atoms with Crippen molar-refractivity contribution < 1.29 is 18.8 Å². The third-order valence-electron chi connectivity index (χ3n) is 6.92. The van der Waals surface area contributed by atoms with Gasteiger partial charge in [-0.25, -0.2) is 4.39 Å². The fourth-order valence-corrected chi connectivity index (χ4v) is 5.54. The number of anilines is 2. The Morgan fingerprint density at radius 3 is 2.26 bits per heavy atom. The van der Waals surface area contributed by atoms with Crippen LogP contribution in [0.2, 0.25) is 0 Å². The average Bonchev–Trinajstić information content (AvgIpc) is 3.31. The van der Waals surface area contributed by atoms with E-state index in [2.05, 4.69) is 9.69 Å². The normalized spacial score (nSPS) is 14.4. The number of nitrogen functional groups attached to an aromatic ring is 1. The number of hydrogen-bond acceptors (Lipinski definition) is 7. The number of carbonyl (C=O) groups excluding carboxylic acids is 3.